The van der Waals surface area contributed by atoms with Gasteiger partial charge in [0, 0.05) is 5.56 Å². The average Bonchev–Trinajstić information content (AvgIpc) is 2.88. The van der Waals surface area contributed by atoms with Crippen molar-refractivity contribution in [2.45, 2.75) is 6.92 Å². The molecular weight excluding hydrogens is 248 g/mol. The van der Waals surface area contributed by atoms with Crippen LogP contribution in [0.4, 0.5) is 5.69 Å². The number of nitrogens with zero attached hydrogens (tertiary/aromatic N) is 2. The van der Waals surface area contributed by atoms with Crippen LogP contribution >= 0.6 is 11.3 Å². The first-order valence-electron chi connectivity index (χ1n) is 5.18. The Morgan fingerprint density at radius 3 is 2.94 bits per heavy atom. The van der Waals surface area contributed by atoms with Gasteiger partial charge in [0.25, 0.3) is 0 Å². The van der Waals surface area contributed by atoms with E-state index in [9.17, 15) is 4.79 Å². The number of esters is 1. The van der Waals surface area contributed by atoms with E-state index in [1.807, 2.05) is 19.1 Å². The number of carbonyl (C=O) groups is 1. The molecule has 0 aliphatic rings. The van der Waals surface area contributed by atoms with Crippen molar-refractivity contribution in [3.63, 3.8) is 0 Å². The molecule has 2 rings (SSSR count). The zero-order chi connectivity index (χ0) is 13.1. The zero-order valence-electron chi connectivity index (χ0n) is 9.93. The lowest BCUT2D eigenvalue weighted by Gasteiger charge is -2.00. The number of rotatable bonds is 2. The fourth-order valence-corrected chi connectivity index (χ4v) is 2.30. The Bertz CT molecular complexity index is 641. The van der Waals surface area contributed by atoms with E-state index in [2.05, 4.69) is 14.6 Å². The van der Waals surface area contributed by atoms with Gasteiger partial charge >= 0.3 is 5.97 Å². The molecule has 0 N–H and O–H groups in total. The van der Waals surface area contributed by atoms with Gasteiger partial charge in [0.1, 0.15) is 9.88 Å². The van der Waals surface area contributed by atoms with E-state index in [4.69, 9.17) is 6.57 Å². The maximum absolute atomic E-state index is 11.3. The summed E-state index contributed by atoms with van der Waals surface area (Å²) in [5.74, 6) is -0.392. The molecule has 18 heavy (non-hydrogen) atoms. The minimum Gasteiger partial charge on any atom is -0.465 e. The predicted octanol–water partition coefficient (Wildman–Crippen LogP) is 3.46. The van der Waals surface area contributed by atoms with E-state index in [0.717, 1.165) is 11.1 Å². The van der Waals surface area contributed by atoms with Crippen molar-refractivity contribution < 1.29 is 9.53 Å². The summed E-state index contributed by atoms with van der Waals surface area (Å²) in [5.41, 5.74) is 2.37. The Balaban J connectivity index is 2.41. The molecule has 0 unspecified atom stereocenters. The van der Waals surface area contributed by atoms with Gasteiger partial charge < -0.3 is 4.74 Å². The summed E-state index contributed by atoms with van der Waals surface area (Å²) in [6.07, 6.45) is 1.49. The summed E-state index contributed by atoms with van der Waals surface area (Å²) in [5, 5.41) is 0.709. The van der Waals surface area contributed by atoms with E-state index in [0.29, 0.717) is 15.6 Å². The number of benzene rings is 1. The standard InChI is InChI=1S/C13H10N2O2S/c1-8-4-5-9(6-10(8)14-2)12-15-7-11(18-12)13(16)17-3/h4-7H,1,3H3. The highest BCUT2D eigenvalue weighted by Crippen LogP contribution is 2.30. The number of carbonyl (C=O) groups excluding carboxylic acids is 1. The number of aryl methyl sites for hydroxylation is 1. The Morgan fingerprint density at radius 2 is 2.28 bits per heavy atom. The fraction of sp³-hybridized carbons (Fsp3) is 0.154. The summed E-state index contributed by atoms with van der Waals surface area (Å²) >= 11 is 1.26. The van der Waals surface area contributed by atoms with Gasteiger partial charge in [-0.15, -0.1) is 11.3 Å². The van der Waals surface area contributed by atoms with Crippen LogP contribution in [0.5, 0.6) is 0 Å². The summed E-state index contributed by atoms with van der Waals surface area (Å²) in [7, 11) is 1.34. The SMILES string of the molecule is [C-]#[N+]c1cc(-c2ncc(C(=O)OC)s2)ccc1C. The Morgan fingerprint density at radius 1 is 1.50 bits per heavy atom. The Hall–Kier alpha value is -2.19. The first kappa shape index (κ1) is 12.3. The lowest BCUT2D eigenvalue weighted by Crippen LogP contribution is -1.96. The molecule has 4 nitrogen and oxygen atoms in total. The molecule has 0 aliphatic heterocycles. The van der Waals surface area contributed by atoms with Crippen molar-refractivity contribution in [1.82, 2.24) is 4.98 Å². The van der Waals surface area contributed by atoms with Crippen LogP contribution < -0.4 is 0 Å². The summed E-state index contributed by atoms with van der Waals surface area (Å²) < 4.78 is 4.63. The molecule has 0 amide bonds. The van der Waals surface area contributed by atoms with Crippen LogP contribution in [0.15, 0.2) is 24.4 Å². The van der Waals surface area contributed by atoms with Crippen molar-refractivity contribution in [3.05, 3.63) is 46.3 Å². The molecule has 0 fully saturated rings. The molecule has 1 aromatic heterocycles. The lowest BCUT2D eigenvalue weighted by atomic mass is 10.1. The summed E-state index contributed by atoms with van der Waals surface area (Å²) in [6.45, 7) is 8.97. The summed E-state index contributed by atoms with van der Waals surface area (Å²) in [6, 6.07) is 5.55. The molecule has 0 bridgehead atoms. The number of hydrogen-bond donors (Lipinski definition) is 0. The third-order valence-electron chi connectivity index (χ3n) is 2.47. The van der Waals surface area contributed by atoms with Crippen LogP contribution in [0.1, 0.15) is 15.2 Å². The molecule has 0 saturated carbocycles. The van der Waals surface area contributed by atoms with Gasteiger partial charge in [-0.1, -0.05) is 12.1 Å². The minimum absolute atomic E-state index is 0.392. The van der Waals surface area contributed by atoms with E-state index in [1.54, 1.807) is 6.07 Å². The molecule has 0 spiro atoms. The normalized spacial score (nSPS) is 9.83. The quantitative estimate of drug-likeness (QED) is 0.612. The average molecular weight is 258 g/mol. The number of aromatic nitrogens is 1. The van der Waals surface area contributed by atoms with E-state index in [-0.39, 0.29) is 0 Å². The monoisotopic (exact) mass is 258 g/mol. The third kappa shape index (κ3) is 2.24. The van der Waals surface area contributed by atoms with Gasteiger partial charge in [0.2, 0.25) is 0 Å². The number of ether oxygens (including phenoxy) is 1. The molecule has 0 atom stereocenters. The number of methoxy groups -OCH3 is 1. The lowest BCUT2D eigenvalue weighted by molar-refractivity contribution is 0.0606. The van der Waals surface area contributed by atoms with Crippen molar-refractivity contribution in [2.24, 2.45) is 0 Å². The van der Waals surface area contributed by atoms with Crippen molar-refractivity contribution in [3.8, 4) is 10.6 Å². The van der Waals surface area contributed by atoms with Gasteiger partial charge in [0.15, 0.2) is 5.69 Å². The van der Waals surface area contributed by atoms with Gasteiger partial charge in [-0.05, 0) is 18.6 Å². The van der Waals surface area contributed by atoms with Crippen LogP contribution in [0, 0.1) is 13.5 Å². The maximum atomic E-state index is 11.3. The van der Waals surface area contributed by atoms with Crippen molar-refractivity contribution in [1.29, 1.82) is 0 Å². The van der Waals surface area contributed by atoms with Crippen LogP contribution in [0.25, 0.3) is 15.4 Å². The number of hydrogen-bond acceptors (Lipinski definition) is 4. The van der Waals surface area contributed by atoms with Gasteiger partial charge in [-0.2, -0.15) is 0 Å². The highest BCUT2D eigenvalue weighted by atomic mass is 32.1. The largest absolute Gasteiger partial charge is 0.465 e. The topological polar surface area (TPSA) is 43.5 Å². The summed E-state index contributed by atoms with van der Waals surface area (Å²) in [4.78, 5) is 19.4. The molecule has 0 aliphatic carbocycles. The molecule has 0 radical (unpaired) electrons. The minimum atomic E-state index is -0.392. The highest BCUT2D eigenvalue weighted by Gasteiger charge is 2.12. The second kappa shape index (κ2) is 4.98. The highest BCUT2D eigenvalue weighted by molar-refractivity contribution is 7.16. The molecule has 90 valence electrons. The van der Waals surface area contributed by atoms with Crippen LogP contribution in [-0.2, 0) is 4.74 Å². The van der Waals surface area contributed by atoms with Crippen LogP contribution in [-0.4, -0.2) is 18.1 Å². The fourth-order valence-electron chi connectivity index (χ4n) is 1.47. The molecule has 2 aromatic rings. The molecular formula is C13H10N2O2S. The van der Waals surface area contributed by atoms with E-state index in [1.165, 1.54) is 24.6 Å². The second-order valence-electron chi connectivity index (χ2n) is 3.63. The smallest absolute Gasteiger partial charge is 0.349 e. The first-order chi connectivity index (χ1) is 8.65. The van der Waals surface area contributed by atoms with E-state index < -0.39 is 5.97 Å². The van der Waals surface area contributed by atoms with E-state index >= 15 is 0 Å². The Kier molecular flexibility index (Phi) is 3.40. The van der Waals surface area contributed by atoms with Gasteiger partial charge in [-0.25, -0.2) is 14.6 Å². The molecule has 0 saturated heterocycles. The van der Waals surface area contributed by atoms with Gasteiger partial charge in [0.05, 0.1) is 19.9 Å². The van der Waals surface area contributed by atoms with Gasteiger partial charge in [-0.3, -0.25) is 0 Å². The van der Waals surface area contributed by atoms with Crippen molar-refractivity contribution in [2.75, 3.05) is 7.11 Å². The predicted molar refractivity (Wildman–Crippen MR) is 69.9 cm³/mol. The molecule has 1 aromatic carbocycles. The maximum Gasteiger partial charge on any atom is 0.349 e. The Labute approximate surface area is 109 Å². The van der Waals surface area contributed by atoms with Crippen molar-refractivity contribution >= 4 is 23.0 Å². The molecule has 5 heteroatoms. The zero-order valence-corrected chi connectivity index (χ0v) is 10.7. The third-order valence-corrected chi connectivity index (χ3v) is 3.50. The number of thiazole rings is 1. The second-order valence-corrected chi connectivity index (χ2v) is 4.66. The van der Waals surface area contributed by atoms with Crippen LogP contribution in [0.3, 0.4) is 0 Å². The molecule has 1 heterocycles. The van der Waals surface area contributed by atoms with Crippen LogP contribution in [0.2, 0.25) is 0 Å². The first-order valence-corrected chi connectivity index (χ1v) is 6.00.